The predicted octanol–water partition coefficient (Wildman–Crippen LogP) is 2.41. The first-order valence-electron chi connectivity index (χ1n) is 6.83. The first-order valence-corrected chi connectivity index (χ1v) is 6.83. The fraction of sp³-hybridized carbons (Fsp3) is 0.533. The summed E-state index contributed by atoms with van der Waals surface area (Å²) >= 11 is 0. The van der Waals surface area contributed by atoms with Crippen LogP contribution in [0.3, 0.4) is 0 Å². The molecule has 0 aromatic heterocycles. The van der Waals surface area contributed by atoms with E-state index in [0.29, 0.717) is 12.5 Å². The van der Waals surface area contributed by atoms with Gasteiger partial charge in [-0.15, -0.1) is 0 Å². The Morgan fingerprint density at radius 1 is 1.39 bits per heavy atom. The molecule has 18 heavy (non-hydrogen) atoms. The molecule has 1 heterocycles. The predicted molar refractivity (Wildman–Crippen MR) is 73.3 cm³/mol. The van der Waals surface area contributed by atoms with Crippen molar-refractivity contribution < 1.29 is 4.79 Å². The molecule has 1 aromatic rings. The molecule has 3 nitrogen and oxygen atoms in total. The molecule has 2 N–H and O–H groups in total. The van der Waals surface area contributed by atoms with Gasteiger partial charge in [-0.25, -0.2) is 0 Å². The number of carbonyl (C=O) groups excluding carboxylic acids is 1. The molecular formula is C15H22N2O. The van der Waals surface area contributed by atoms with Crippen LogP contribution in [0.4, 0.5) is 0 Å². The summed E-state index contributed by atoms with van der Waals surface area (Å²) < 4.78 is 0. The van der Waals surface area contributed by atoms with Gasteiger partial charge in [0.2, 0.25) is 0 Å². The summed E-state index contributed by atoms with van der Waals surface area (Å²) in [7, 11) is 0. The van der Waals surface area contributed by atoms with Gasteiger partial charge in [-0.05, 0) is 36.5 Å². The number of likely N-dealkylation sites (tertiary alicyclic amines) is 1. The third kappa shape index (κ3) is 2.91. The lowest BCUT2D eigenvalue weighted by molar-refractivity contribution is 0.0671. The molecule has 0 spiro atoms. The first-order chi connectivity index (χ1) is 8.74. The number of rotatable bonds is 3. The van der Waals surface area contributed by atoms with Gasteiger partial charge >= 0.3 is 0 Å². The van der Waals surface area contributed by atoms with E-state index in [4.69, 9.17) is 5.73 Å². The van der Waals surface area contributed by atoms with E-state index in [0.717, 1.165) is 37.1 Å². The van der Waals surface area contributed by atoms with Crippen LogP contribution in [0.15, 0.2) is 24.3 Å². The van der Waals surface area contributed by atoms with Gasteiger partial charge in [-0.2, -0.15) is 0 Å². The van der Waals surface area contributed by atoms with Crippen molar-refractivity contribution in [1.82, 2.24) is 4.90 Å². The number of nitrogens with zero attached hydrogens (tertiary/aromatic N) is 1. The maximum Gasteiger partial charge on any atom is 0.253 e. The molecule has 0 saturated carbocycles. The molecule has 3 heteroatoms. The van der Waals surface area contributed by atoms with E-state index in [1.807, 2.05) is 29.2 Å². The van der Waals surface area contributed by atoms with E-state index in [1.54, 1.807) is 0 Å². The van der Waals surface area contributed by atoms with E-state index >= 15 is 0 Å². The topological polar surface area (TPSA) is 46.3 Å². The largest absolute Gasteiger partial charge is 0.338 e. The summed E-state index contributed by atoms with van der Waals surface area (Å²) in [6.07, 6.45) is 3.55. The lowest BCUT2D eigenvalue weighted by Gasteiger charge is -2.32. The molecule has 1 aromatic carbocycles. The third-order valence-electron chi connectivity index (χ3n) is 3.82. The first kappa shape index (κ1) is 13.1. The molecule has 1 unspecified atom stereocenters. The molecule has 0 bridgehead atoms. The molecule has 2 rings (SSSR count). The number of nitrogens with two attached hydrogens (primary N) is 1. The average Bonchev–Trinajstić information content (AvgIpc) is 2.46. The summed E-state index contributed by atoms with van der Waals surface area (Å²) in [6.45, 7) is 4.53. The van der Waals surface area contributed by atoms with Crippen LogP contribution in [0.25, 0.3) is 0 Å². The van der Waals surface area contributed by atoms with Crippen molar-refractivity contribution >= 4 is 5.91 Å². The second-order valence-corrected chi connectivity index (χ2v) is 5.07. The highest BCUT2D eigenvalue weighted by molar-refractivity contribution is 5.94. The smallest absolute Gasteiger partial charge is 0.253 e. The third-order valence-corrected chi connectivity index (χ3v) is 3.82. The second kappa shape index (κ2) is 6.01. The van der Waals surface area contributed by atoms with Gasteiger partial charge in [0.25, 0.3) is 5.91 Å². The number of hydrogen-bond donors (Lipinski definition) is 1. The standard InChI is InChI=1S/C15H22N2O/c1-2-12-4-3-9-17(11-12)15(18)14-7-5-13(10-16)6-8-14/h5-8,12H,2-4,9-11,16H2,1H3. The molecule has 1 aliphatic rings. The minimum atomic E-state index is 0.164. The Morgan fingerprint density at radius 2 is 2.11 bits per heavy atom. The second-order valence-electron chi connectivity index (χ2n) is 5.07. The Hall–Kier alpha value is -1.35. The zero-order valence-corrected chi connectivity index (χ0v) is 11.1. The Bertz CT molecular complexity index is 399. The van der Waals surface area contributed by atoms with Crippen molar-refractivity contribution in [3.63, 3.8) is 0 Å². The van der Waals surface area contributed by atoms with E-state index in [2.05, 4.69) is 6.92 Å². The summed E-state index contributed by atoms with van der Waals surface area (Å²) in [5.74, 6) is 0.836. The van der Waals surface area contributed by atoms with Gasteiger partial charge in [-0.3, -0.25) is 4.79 Å². The average molecular weight is 246 g/mol. The lowest BCUT2D eigenvalue weighted by Crippen LogP contribution is -2.39. The summed E-state index contributed by atoms with van der Waals surface area (Å²) in [4.78, 5) is 14.4. The van der Waals surface area contributed by atoms with Crippen LogP contribution in [0.5, 0.6) is 0 Å². The molecule has 0 aliphatic carbocycles. The molecule has 1 amide bonds. The van der Waals surface area contributed by atoms with Crippen molar-refractivity contribution in [2.24, 2.45) is 11.7 Å². The Morgan fingerprint density at radius 3 is 2.72 bits per heavy atom. The Labute approximate surface area is 109 Å². The van der Waals surface area contributed by atoms with Crippen molar-refractivity contribution in [3.05, 3.63) is 35.4 Å². The maximum absolute atomic E-state index is 12.4. The number of benzene rings is 1. The molecule has 1 saturated heterocycles. The number of piperidine rings is 1. The van der Waals surface area contributed by atoms with E-state index in [1.165, 1.54) is 6.42 Å². The van der Waals surface area contributed by atoms with Crippen molar-refractivity contribution in [3.8, 4) is 0 Å². The minimum absolute atomic E-state index is 0.164. The van der Waals surface area contributed by atoms with Crippen LogP contribution in [-0.4, -0.2) is 23.9 Å². The molecular weight excluding hydrogens is 224 g/mol. The van der Waals surface area contributed by atoms with Gasteiger partial charge in [0.05, 0.1) is 0 Å². The molecule has 0 radical (unpaired) electrons. The highest BCUT2D eigenvalue weighted by atomic mass is 16.2. The van der Waals surface area contributed by atoms with Crippen molar-refractivity contribution in [2.75, 3.05) is 13.1 Å². The SMILES string of the molecule is CCC1CCCN(C(=O)c2ccc(CN)cc2)C1. The van der Waals surface area contributed by atoms with E-state index < -0.39 is 0 Å². The van der Waals surface area contributed by atoms with Crippen LogP contribution in [0, 0.1) is 5.92 Å². The van der Waals surface area contributed by atoms with Crippen molar-refractivity contribution in [1.29, 1.82) is 0 Å². The number of amides is 1. The summed E-state index contributed by atoms with van der Waals surface area (Å²) in [5, 5.41) is 0. The fourth-order valence-electron chi connectivity index (χ4n) is 2.55. The van der Waals surface area contributed by atoms with Gasteiger partial charge in [0, 0.05) is 25.2 Å². The number of carbonyl (C=O) groups is 1. The van der Waals surface area contributed by atoms with Crippen LogP contribution in [0.1, 0.15) is 42.1 Å². The molecule has 1 fully saturated rings. The summed E-state index contributed by atoms with van der Waals surface area (Å²) in [5.41, 5.74) is 7.41. The van der Waals surface area contributed by atoms with Gasteiger partial charge < -0.3 is 10.6 Å². The van der Waals surface area contributed by atoms with Crippen LogP contribution < -0.4 is 5.73 Å². The van der Waals surface area contributed by atoms with Crippen LogP contribution in [0.2, 0.25) is 0 Å². The molecule has 1 atom stereocenters. The minimum Gasteiger partial charge on any atom is -0.338 e. The normalized spacial score (nSPS) is 19.9. The zero-order chi connectivity index (χ0) is 13.0. The molecule has 1 aliphatic heterocycles. The van der Waals surface area contributed by atoms with Crippen LogP contribution >= 0.6 is 0 Å². The van der Waals surface area contributed by atoms with E-state index in [-0.39, 0.29) is 5.91 Å². The van der Waals surface area contributed by atoms with Gasteiger partial charge in [0.15, 0.2) is 0 Å². The highest BCUT2D eigenvalue weighted by Gasteiger charge is 2.23. The van der Waals surface area contributed by atoms with Crippen LogP contribution in [-0.2, 0) is 6.54 Å². The Kier molecular flexibility index (Phi) is 4.37. The quantitative estimate of drug-likeness (QED) is 0.890. The fourth-order valence-corrected chi connectivity index (χ4v) is 2.55. The number of hydrogen-bond acceptors (Lipinski definition) is 2. The monoisotopic (exact) mass is 246 g/mol. The van der Waals surface area contributed by atoms with Gasteiger partial charge in [-0.1, -0.05) is 25.5 Å². The van der Waals surface area contributed by atoms with Gasteiger partial charge in [0.1, 0.15) is 0 Å². The highest BCUT2D eigenvalue weighted by Crippen LogP contribution is 2.20. The summed E-state index contributed by atoms with van der Waals surface area (Å²) in [6, 6.07) is 7.66. The molecule has 98 valence electrons. The zero-order valence-electron chi connectivity index (χ0n) is 11.1. The van der Waals surface area contributed by atoms with Crippen molar-refractivity contribution in [2.45, 2.75) is 32.7 Å². The maximum atomic E-state index is 12.4. The Balaban J connectivity index is 2.05. The lowest BCUT2D eigenvalue weighted by atomic mass is 9.95. The van der Waals surface area contributed by atoms with E-state index in [9.17, 15) is 4.79 Å².